The topological polar surface area (TPSA) is 30.2 Å². The highest BCUT2D eigenvalue weighted by molar-refractivity contribution is 6.26. The molecular formula is C26H15N3. The Balaban J connectivity index is 1.83. The fourth-order valence-corrected chi connectivity index (χ4v) is 4.78. The molecule has 0 fully saturated rings. The second-order valence-corrected chi connectivity index (χ2v) is 7.50. The number of para-hydroxylation sites is 1. The minimum absolute atomic E-state index is 0.963. The Morgan fingerprint density at radius 2 is 1.48 bits per heavy atom. The number of pyridine rings is 2. The predicted octanol–water partition coefficient (Wildman–Crippen LogP) is 6.45. The maximum atomic E-state index is 5.09. The molecule has 0 amide bonds. The molecule has 3 heteroatoms. The molecule has 0 aliphatic heterocycles. The average molecular weight is 369 g/mol. The Bertz CT molecular complexity index is 1690. The third-order valence-electron chi connectivity index (χ3n) is 5.96. The second-order valence-electron chi connectivity index (χ2n) is 7.50. The monoisotopic (exact) mass is 369 g/mol. The average Bonchev–Trinajstić information content (AvgIpc) is 3.19. The lowest BCUT2D eigenvalue weighted by molar-refractivity contribution is 1.30. The lowest BCUT2D eigenvalue weighted by Gasteiger charge is -2.14. The Morgan fingerprint density at radius 1 is 0.655 bits per heavy atom. The number of imidazole rings is 1. The fourth-order valence-electron chi connectivity index (χ4n) is 4.78. The van der Waals surface area contributed by atoms with Crippen LogP contribution in [0.3, 0.4) is 0 Å². The summed E-state index contributed by atoms with van der Waals surface area (Å²) < 4.78 is 2.32. The molecule has 0 radical (unpaired) electrons. The van der Waals surface area contributed by atoms with Gasteiger partial charge in [-0.05, 0) is 35.0 Å². The Morgan fingerprint density at radius 3 is 2.34 bits per heavy atom. The van der Waals surface area contributed by atoms with Crippen LogP contribution in [-0.4, -0.2) is 14.4 Å². The van der Waals surface area contributed by atoms with Gasteiger partial charge in [-0.3, -0.25) is 9.38 Å². The van der Waals surface area contributed by atoms with E-state index in [1.54, 1.807) is 0 Å². The fraction of sp³-hybridized carbons (Fsp3) is 0. The van der Waals surface area contributed by atoms with E-state index < -0.39 is 0 Å². The van der Waals surface area contributed by atoms with E-state index in [-0.39, 0.29) is 0 Å². The molecule has 0 saturated carbocycles. The van der Waals surface area contributed by atoms with Crippen LogP contribution < -0.4 is 0 Å². The van der Waals surface area contributed by atoms with Gasteiger partial charge in [0.25, 0.3) is 0 Å². The van der Waals surface area contributed by atoms with E-state index in [4.69, 9.17) is 4.98 Å². The molecule has 134 valence electrons. The third-order valence-corrected chi connectivity index (χ3v) is 5.96. The number of nitrogens with zero attached hydrogens (tertiary/aromatic N) is 3. The first-order valence-corrected chi connectivity index (χ1v) is 9.78. The first-order valence-electron chi connectivity index (χ1n) is 9.78. The largest absolute Gasteiger partial charge is 0.291 e. The van der Waals surface area contributed by atoms with Gasteiger partial charge < -0.3 is 0 Å². The van der Waals surface area contributed by atoms with Crippen LogP contribution in [0.15, 0.2) is 91.1 Å². The molecule has 7 rings (SSSR count). The van der Waals surface area contributed by atoms with Gasteiger partial charge in [0.15, 0.2) is 0 Å². The molecule has 4 aromatic carbocycles. The number of fused-ring (bicyclic) bond motifs is 5. The highest BCUT2D eigenvalue weighted by Gasteiger charge is 2.18. The Labute approximate surface area is 166 Å². The molecule has 0 saturated heterocycles. The molecule has 0 N–H and O–H groups in total. The zero-order chi connectivity index (χ0) is 18.9. The maximum Gasteiger partial charge on any atom is 0.146 e. The van der Waals surface area contributed by atoms with Crippen LogP contribution in [0.1, 0.15) is 0 Å². The molecule has 7 aromatic rings. The molecule has 0 bridgehead atoms. The van der Waals surface area contributed by atoms with Crippen molar-refractivity contribution in [2.45, 2.75) is 0 Å². The van der Waals surface area contributed by atoms with Crippen LogP contribution in [0.4, 0.5) is 0 Å². The molecule has 3 nitrogen and oxygen atoms in total. The zero-order valence-electron chi connectivity index (χ0n) is 15.5. The van der Waals surface area contributed by atoms with Crippen LogP contribution in [0.25, 0.3) is 60.4 Å². The van der Waals surface area contributed by atoms with Crippen molar-refractivity contribution >= 4 is 49.1 Å². The van der Waals surface area contributed by atoms with Crippen molar-refractivity contribution in [3.63, 3.8) is 0 Å². The highest BCUT2D eigenvalue weighted by Crippen LogP contribution is 2.39. The molecule has 0 aliphatic carbocycles. The first-order chi connectivity index (χ1) is 14.4. The predicted molar refractivity (Wildman–Crippen MR) is 120 cm³/mol. The summed E-state index contributed by atoms with van der Waals surface area (Å²) in [5.74, 6) is 0. The van der Waals surface area contributed by atoms with Crippen molar-refractivity contribution in [2.24, 2.45) is 0 Å². The Kier molecular flexibility index (Phi) is 2.74. The van der Waals surface area contributed by atoms with Crippen molar-refractivity contribution in [1.82, 2.24) is 14.4 Å². The molecule has 3 heterocycles. The van der Waals surface area contributed by atoms with Crippen molar-refractivity contribution in [2.75, 3.05) is 0 Å². The van der Waals surface area contributed by atoms with Crippen molar-refractivity contribution in [1.29, 1.82) is 0 Å². The van der Waals surface area contributed by atoms with E-state index in [9.17, 15) is 0 Å². The summed E-state index contributed by atoms with van der Waals surface area (Å²) in [6.07, 6.45) is 1.85. The van der Waals surface area contributed by atoms with Gasteiger partial charge in [0.05, 0.1) is 22.2 Å². The standard InChI is InChI=1S/C26H15N3/c1-2-15-27-20(10-1)18-8-5-11-21-25(18)29-22-12-4-7-17-14-13-16-6-3-9-19(26(29)28-21)23(16)24(17)22/h1-15H. The number of benzene rings is 4. The molecule has 0 atom stereocenters. The number of hydrogen-bond acceptors (Lipinski definition) is 2. The summed E-state index contributed by atoms with van der Waals surface area (Å²) in [5.41, 5.74) is 6.36. The maximum absolute atomic E-state index is 5.09. The molecule has 0 unspecified atom stereocenters. The third kappa shape index (κ3) is 1.87. The quantitative estimate of drug-likeness (QED) is 0.311. The minimum atomic E-state index is 0.963. The summed E-state index contributed by atoms with van der Waals surface area (Å²) >= 11 is 0. The molecule has 0 aliphatic rings. The minimum Gasteiger partial charge on any atom is -0.291 e. The van der Waals surface area contributed by atoms with E-state index in [1.165, 1.54) is 32.4 Å². The van der Waals surface area contributed by atoms with Gasteiger partial charge in [-0.1, -0.05) is 60.7 Å². The number of aromatic nitrogens is 3. The lowest BCUT2D eigenvalue weighted by atomic mass is 9.97. The second kappa shape index (κ2) is 5.30. The molecule has 3 aromatic heterocycles. The van der Waals surface area contributed by atoms with Crippen molar-refractivity contribution in [3.8, 4) is 11.3 Å². The van der Waals surface area contributed by atoms with Crippen LogP contribution in [0.2, 0.25) is 0 Å². The summed E-state index contributed by atoms with van der Waals surface area (Å²) in [6, 6.07) is 29.8. The van der Waals surface area contributed by atoms with E-state index in [2.05, 4.69) is 82.2 Å². The molecular weight excluding hydrogens is 354 g/mol. The van der Waals surface area contributed by atoms with Gasteiger partial charge in [-0.2, -0.15) is 0 Å². The SMILES string of the molecule is c1ccc(-c2cccc3nc4c5cccc6ccc7cccc(c7c65)n4c23)nc1. The van der Waals surface area contributed by atoms with E-state index >= 15 is 0 Å². The normalized spacial score (nSPS) is 12.1. The summed E-state index contributed by atoms with van der Waals surface area (Å²) in [5, 5.41) is 6.29. The highest BCUT2D eigenvalue weighted by atomic mass is 15.0. The molecule has 0 spiro atoms. The van der Waals surface area contributed by atoms with E-state index in [0.717, 1.165) is 27.9 Å². The first kappa shape index (κ1) is 15.0. The van der Waals surface area contributed by atoms with Crippen LogP contribution in [-0.2, 0) is 0 Å². The summed E-state index contributed by atoms with van der Waals surface area (Å²) in [7, 11) is 0. The van der Waals surface area contributed by atoms with Gasteiger partial charge in [-0.15, -0.1) is 0 Å². The van der Waals surface area contributed by atoms with Gasteiger partial charge in [-0.25, -0.2) is 4.98 Å². The summed E-state index contributed by atoms with van der Waals surface area (Å²) in [4.78, 5) is 9.70. The number of hydrogen-bond donors (Lipinski definition) is 0. The van der Waals surface area contributed by atoms with Crippen LogP contribution in [0, 0.1) is 0 Å². The summed E-state index contributed by atoms with van der Waals surface area (Å²) in [6.45, 7) is 0. The van der Waals surface area contributed by atoms with Gasteiger partial charge >= 0.3 is 0 Å². The van der Waals surface area contributed by atoms with Gasteiger partial charge in [0.1, 0.15) is 5.65 Å². The van der Waals surface area contributed by atoms with Crippen molar-refractivity contribution in [3.05, 3.63) is 91.1 Å². The molecule has 29 heavy (non-hydrogen) atoms. The number of rotatable bonds is 1. The van der Waals surface area contributed by atoms with E-state index in [0.29, 0.717) is 0 Å². The van der Waals surface area contributed by atoms with Gasteiger partial charge in [0, 0.05) is 27.9 Å². The van der Waals surface area contributed by atoms with Gasteiger partial charge in [0.2, 0.25) is 0 Å². The van der Waals surface area contributed by atoms with Crippen LogP contribution >= 0.6 is 0 Å². The van der Waals surface area contributed by atoms with Crippen molar-refractivity contribution < 1.29 is 0 Å². The van der Waals surface area contributed by atoms with E-state index in [1.807, 2.05) is 18.3 Å². The zero-order valence-corrected chi connectivity index (χ0v) is 15.5. The smallest absolute Gasteiger partial charge is 0.146 e. The lowest BCUT2D eigenvalue weighted by Crippen LogP contribution is -1.94. The Hall–Kier alpha value is -3.98. The van der Waals surface area contributed by atoms with Crippen LogP contribution in [0.5, 0.6) is 0 Å².